The Hall–Kier alpha value is -2.27. The van der Waals surface area contributed by atoms with E-state index in [1.165, 1.54) is 18.9 Å². The van der Waals surface area contributed by atoms with E-state index in [-0.39, 0.29) is 5.91 Å². The molecule has 3 rings (SSSR count). The Labute approximate surface area is 143 Å². The van der Waals surface area contributed by atoms with E-state index in [1.807, 2.05) is 24.4 Å². The van der Waals surface area contributed by atoms with Crippen LogP contribution in [0.3, 0.4) is 0 Å². The third-order valence-electron chi connectivity index (χ3n) is 4.52. The number of aromatic nitrogens is 2. The van der Waals surface area contributed by atoms with Gasteiger partial charge in [-0.2, -0.15) is 0 Å². The monoisotopic (exact) mass is 324 g/mol. The van der Waals surface area contributed by atoms with Gasteiger partial charge in [0.2, 0.25) is 5.91 Å². The molecule has 1 amide bonds. The molecule has 5 nitrogen and oxygen atoms in total. The van der Waals surface area contributed by atoms with Crippen molar-refractivity contribution >= 4 is 5.91 Å². The number of nitrogens with zero attached hydrogens (tertiary/aromatic N) is 3. The number of aryl methyl sites for hydroxylation is 1. The Bertz CT molecular complexity index is 716. The summed E-state index contributed by atoms with van der Waals surface area (Å²) in [7, 11) is 0. The fraction of sp³-hybridized carbons (Fsp3) is 0.421. The number of amides is 1. The van der Waals surface area contributed by atoms with Gasteiger partial charge < -0.3 is 5.32 Å². The van der Waals surface area contributed by atoms with E-state index >= 15 is 0 Å². The third kappa shape index (κ3) is 3.97. The van der Waals surface area contributed by atoms with Crippen LogP contribution in [-0.4, -0.2) is 27.3 Å². The van der Waals surface area contributed by atoms with Crippen molar-refractivity contribution < 1.29 is 4.79 Å². The molecule has 0 saturated carbocycles. The van der Waals surface area contributed by atoms with Crippen LogP contribution in [0.5, 0.6) is 0 Å². The van der Waals surface area contributed by atoms with Gasteiger partial charge in [-0.25, -0.2) is 0 Å². The van der Waals surface area contributed by atoms with E-state index < -0.39 is 0 Å². The normalized spacial score (nSPS) is 17.8. The van der Waals surface area contributed by atoms with Crippen LogP contribution < -0.4 is 5.32 Å². The van der Waals surface area contributed by atoms with E-state index in [9.17, 15) is 4.79 Å². The molecular weight excluding hydrogens is 300 g/mol. The van der Waals surface area contributed by atoms with Gasteiger partial charge in [0.05, 0.1) is 29.7 Å². The highest BCUT2D eigenvalue weighted by molar-refractivity contribution is 5.72. The van der Waals surface area contributed by atoms with Crippen molar-refractivity contribution in [1.82, 2.24) is 20.2 Å². The van der Waals surface area contributed by atoms with E-state index in [0.29, 0.717) is 12.6 Å². The lowest BCUT2D eigenvalue weighted by atomic mass is 10.1. The molecule has 2 aromatic heterocycles. The second-order valence-electron chi connectivity index (χ2n) is 6.36. The van der Waals surface area contributed by atoms with E-state index in [1.54, 1.807) is 0 Å². The predicted molar refractivity (Wildman–Crippen MR) is 93.1 cm³/mol. The van der Waals surface area contributed by atoms with Gasteiger partial charge in [0.25, 0.3) is 0 Å². The Morgan fingerprint density at radius 2 is 2.21 bits per heavy atom. The number of carbonyl (C=O) groups is 1. The minimum Gasteiger partial charge on any atom is -0.351 e. The highest BCUT2D eigenvalue weighted by Crippen LogP contribution is 2.32. The Balaban J connectivity index is 1.74. The summed E-state index contributed by atoms with van der Waals surface area (Å²) in [6.45, 7) is 6.04. The van der Waals surface area contributed by atoms with Gasteiger partial charge in [0.15, 0.2) is 0 Å². The molecule has 1 N–H and O–H groups in total. The van der Waals surface area contributed by atoms with Crippen molar-refractivity contribution in [2.24, 2.45) is 0 Å². The fourth-order valence-electron chi connectivity index (χ4n) is 3.22. The number of rotatable bonds is 5. The number of hydrogen-bond acceptors (Lipinski definition) is 4. The lowest BCUT2D eigenvalue weighted by molar-refractivity contribution is -0.119. The predicted octanol–water partition coefficient (Wildman–Crippen LogP) is 2.76. The maximum absolute atomic E-state index is 11.1. The minimum absolute atomic E-state index is 0.0321. The molecule has 0 spiro atoms. The fourth-order valence-corrected chi connectivity index (χ4v) is 3.22. The summed E-state index contributed by atoms with van der Waals surface area (Å²) in [6, 6.07) is 10.5. The first-order valence-electron chi connectivity index (χ1n) is 8.48. The summed E-state index contributed by atoms with van der Waals surface area (Å²) >= 11 is 0. The largest absolute Gasteiger partial charge is 0.351 e. The Morgan fingerprint density at radius 3 is 3.00 bits per heavy atom. The zero-order valence-electron chi connectivity index (χ0n) is 14.3. The Kier molecular flexibility index (Phi) is 5.20. The highest BCUT2D eigenvalue weighted by atomic mass is 16.1. The molecule has 1 atom stereocenters. The zero-order chi connectivity index (χ0) is 16.9. The average Bonchev–Trinajstić information content (AvgIpc) is 3.03. The standard InChI is InChI=1S/C19H24N4O/c1-14-6-4-10-20-18(14)13-23-11-5-9-19(23)17-8-3-7-16(22-17)12-21-15(2)24/h3-4,6-8,10,19H,5,9,11-13H2,1-2H3,(H,21,24)/t19-/m0/s1. The number of pyridine rings is 2. The molecule has 1 aliphatic rings. The Morgan fingerprint density at radius 1 is 1.33 bits per heavy atom. The zero-order valence-corrected chi connectivity index (χ0v) is 14.3. The summed E-state index contributed by atoms with van der Waals surface area (Å²) in [5.41, 5.74) is 4.36. The van der Waals surface area contributed by atoms with Crippen molar-refractivity contribution in [2.75, 3.05) is 6.54 Å². The second-order valence-corrected chi connectivity index (χ2v) is 6.36. The molecule has 3 heterocycles. The van der Waals surface area contributed by atoms with Crippen LogP contribution in [0.2, 0.25) is 0 Å². The first kappa shape index (κ1) is 16.6. The van der Waals surface area contributed by atoms with Gasteiger partial charge in [0.1, 0.15) is 0 Å². The molecule has 0 radical (unpaired) electrons. The van der Waals surface area contributed by atoms with Gasteiger partial charge >= 0.3 is 0 Å². The van der Waals surface area contributed by atoms with Crippen molar-refractivity contribution in [3.05, 3.63) is 59.2 Å². The van der Waals surface area contributed by atoms with Crippen molar-refractivity contribution in [1.29, 1.82) is 0 Å². The smallest absolute Gasteiger partial charge is 0.217 e. The highest BCUT2D eigenvalue weighted by Gasteiger charge is 2.27. The number of carbonyl (C=O) groups excluding carboxylic acids is 1. The molecular formula is C19H24N4O. The summed E-state index contributed by atoms with van der Waals surface area (Å²) < 4.78 is 0. The molecule has 126 valence electrons. The van der Waals surface area contributed by atoms with Crippen LogP contribution in [0.15, 0.2) is 36.5 Å². The van der Waals surface area contributed by atoms with Crippen LogP contribution in [-0.2, 0) is 17.9 Å². The molecule has 0 bridgehead atoms. The average molecular weight is 324 g/mol. The van der Waals surface area contributed by atoms with Gasteiger partial charge in [-0.15, -0.1) is 0 Å². The lowest BCUT2D eigenvalue weighted by Crippen LogP contribution is -2.25. The lowest BCUT2D eigenvalue weighted by Gasteiger charge is -2.24. The van der Waals surface area contributed by atoms with E-state index in [4.69, 9.17) is 4.98 Å². The van der Waals surface area contributed by atoms with Crippen LogP contribution in [0.1, 0.15) is 48.5 Å². The summed E-state index contributed by atoms with van der Waals surface area (Å²) in [4.78, 5) is 22.8. The van der Waals surface area contributed by atoms with Crippen molar-refractivity contribution in [3.8, 4) is 0 Å². The molecule has 1 aliphatic heterocycles. The number of nitrogens with one attached hydrogen (secondary N) is 1. The first-order chi connectivity index (χ1) is 11.6. The van der Waals surface area contributed by atoms with E-state index in [2.05, 4.69) is 34.3 Å². The van der Waals surface area contributed by atoms with Crippen LogP contribution in [0.25, 0.3) is 0 Å². The van der Waals surface area contributed by atoms with Crippen molar-refractivity contribution in [2.45, 2.75) is 45.8 Å². The van der Waals surface area contributed by atoms with Gasteiger partial charge in [0, 0.05) is 19.7 Å². The van der Waals surface area contributed by atoms with Crippen LogP contribution >= 0.6 is 0 Å². The maximum Gasteiger partial charge on any atom is 0.217 e. The van der Waals surface area contributed by atoms with Crippen molar-refractivity contribution in [3.63, 3.8) is 0 Å². The van der Waals surface area contributed by atoms with Gasteiger partial charge in [-0.3, -0.25) is 19.7 Å². The molecule has 1 saturated heterocycles. The molecule has 5 heteroatoms. The van der Waals surface area contributed by atoms with Crippen LogP contribution in [0.4, 0.5) is 0 Å². The second kappa shape index (κ2) is 7.53. The van der Waals surface area contributed by atoms with Gasteiger partial charge in [-0.05, 0) is 50.1 Å². The molecule has 2 aromatic rings. The molecule has 0 aromatic carbocycles. The molecule has 1 fully saturated rings. The quantitative estimate of drug-likeness (QED) is 0.919. The summed E-state index contributed by atoms with van der Waals surface area (Å²) in [5, 5.41) is 2.81. The van der Waals surface area contributed by atoms with E-state index in [0.717, 1.165) is 36.6 Å². The minimum atomic E-state index is -0.0321. The molecule has 24 heavy (non-hydrogen) atoms. The third-order valence-corrected chi connectivity index (χ3v) is 4.52. The first-order valence-corrected chi connectivity index (χ1v) is 8.48. The molecule has 0 aliphatic carbocycles. The number of hydrogen-bond donors (Lipinski definition) is 1. The molecule has 0 unspecified atom stereocenters. The summed E-state index contributed by atoms with van der Waals surface area (Å²) in [5.74, 6) is -0.0321. The van der Waals surface area contributed by atoms with Gasteiger partial charge in [-0.1, -0.05) is 12.1 Å². The number of likely N-dealkylation sites (tertiary alicyclic amines) is 1. The topological polar surface area (TPSA) is 58.1 Å². The van der Waals surface area contributed by atoms with Crippen LogP contribution in [0, 0.1) is 6.92 Å². The SMILES string of the molecule is CC(=O)NCc1cccc([C@@H]2CCCN2Cc2ncccc2C)n1. The summed E-state index contributed by atoms with van der Waals surface area (Å²) in [6.07, 6.45) is 4.15. The maximum atomic E-state index is 11.1.